The molecule has 9 heteroatoms. The molecule has 194 valence electrons. The summed E-state index contributed by atoms with van der Waals surface area (Å²) in [6, 6.07) is 19.1. The number of hydrazine groups is 1. The Labute approximate surface area is 222 Å². The number of piperazine rings is 1. The highest BCUT2D eigenvalue weighted by atomic mass is 16.1. The van der Waals surface area contributed by atoms with Gasteiger partial charge in [0.15, 0.2) is 0 Å². The van der Waals surface area contributed by atoms with Gasteiger partial charge in [-0.15, -0.1) is 0 Å². The molecule has 0 spiro atoms. The lowest BCUT2D eigenvalue weighted by molar-refractivity contribution is 0.102. The van der Waals surface area contributed by atoms with E-state index >= 15 is 0 Å². The summed E-state index contributed by atoms with van der Waals surface area (Å²) in [6.45, 7) is 6.87. The first-order valence-corrected chi connectivity index (χ1v) is 12.7. The van der Waals surface area contributed by atoms with E-state index in [9.17, 15) is 4.79 Å². The first-order chi connectivity index (χ1) is 18.5. The molecule has 1 saturated heterocycles. The van der Waals surface area contributed by atoms with Gasteiger partial charge in [0, 0.05) is 73.8 Å². The second kappa shape index (κ2) is 11.9. The number of likely N-dealkylation sites (N-methyl/N-ethyl adjacent to an activating group) is 1. The van der Waals surface area contributed by atoms with Gasteiger partial charge in [-0.1, -0.05) is 12.1 Å². The minimum Gasteiger partial charge on any atom is -0.324 e. The van der Waals surface area contributed by atoms with Crippen LogP contribution in [0.4, 0.5) is 17.3 Å². The number of nitrogens with one attached hydrogen (secondary N) is 3. The molecule has 2 aromatic heterocycles. The average molecular weight is 509 g/mol. The summed E-state index contributed by atoms with van der Waals surface area (Å²) >= 11 is 0. The maximum absolute atomic E-state index is 12.8. The molecule has 0 saturated carbocycles. The van der Waals surface area contributed by atoms with E-state index in [1.54, 1.807) is 18.6 Å². The van der Waals surface area contributed by atoms with Crippen LogP contribution in [0.5, 0.6) is 0 Å². The third-order valence-electron chi connectivity index (χ3n) is 6.57. The van der Waals surface area contributed by atoms with E-state index in [4.69, 9.17) is 0 Å². The van der Waals surface area contributed by atoms with Crippen molar-refractivity contribution >= 4 is 23.2 Å². The Morgan fingerprint density at radius 3 is 2.53 bits per heavy atom. The summed E-state index contributed by atoms with van der Waals surface area (Å²) in [5.74, 6) is 0.352. The van der Waals surface area contributed by atoms with Gasteiger partial charge >= 0.3 is 0 Å². The molecule has 4 aromatic rings. The van der Waals surface area contributed by atoms with Crippen molar-refractivity contribution in [1.29, 1.82) is 0 Å². The number of nitrogens with zero attached hydrogens (tertiary/aromatic N) is 5. The van der Waals surface area contributed by atoms with Crippen molar-refractivity contribution in [3.05, 3.63) is 95.9 Å². The first kappa shape index (κ1) is 25.5. The lowest BCUT2D eigenvalue weighted by Gasteiger charge is -2.32. The number of amides is 1. The topological polar surface area (TPSA) is 98.3 Å². The molecule has 38 heavy (non-hydrogen) atoms. The fourth-order valence-electron chi connectivity index (χ4n) is 4.24. The monoisotopic (exact) mass is 508 g/mol. The van der Waals surface area contributed by atoms with Crippen LogP contribution in [0.2, 0.25) is 0 Å². The fourth-order valence-corrected chi connectivity index (χ4v) is 4.24. The minimum atomic E-state index is -0.142. The van der Waals surface area contributed by atoms with Crippen LogP contribution < -0.4 is 16.1 Å². The molecule has 1 fully saturated rings. The first-order valence-electron chi connectivity index (χ1n) is 12.7. The maximum Gasteiger partial charge on any atom is 0.255 e. The second-order valence-corrected chi connectivity index (χ2v) is 9.44. The van der Waals surface area contributed by atoms with Crippen LogP contribution in [0.3, 0.4) is 0 Å². The summed E-state index contributed by atoms with van der Waals surface area (Å²) in [5, 5.41) is 8.52. The third kappa shape index (κ3) is 6.57. The van der Waals surface area contributed by atoms with Crippen molar-refractivity contribution in [3.63, 3.8) is 0 Å². The van der Waals surface area contributed by atoms with Gasteiger partial charge in [0.25, 0.3) is 5.91 Å². The van der Waals surface area contributed by atoms with Crippen molar-refractivity contribution in [2.75, 3.05) is 43.9 Å². The van der Waals surface area contributed by atoms with E-state index in [1.807, 2.05) is 67.6 Å². The Hall–Kier alpha value is -4.18. The molecule has 0 radical (unpaired) electrons. The molecule has 3 N–H and O–H groups in total. The molecule has 9 nitrogen and oxygen atoms in total. The van der Waals surface area contributed by atoms with Gasteiger partial charge < -0.3 is 15.5 Å². The number of hydrogen-bond donors (Lipinski definition) is 3. The van der Waals surface area contributed by atoms with Gasteiger partial charge in [0.05, 0.1) is 5.69 Å². The van der Waals surface area contributed by atoms with Crippen LogP contribution in [-0.2, 0) is 6.54 Å². The van der Waals surface area contributed by atoms with Crippen LogP contribution >= 0.6 is 0 Å². The smallest absolute Gasteiger partial charge is 0.255 e. The highest BCUT2D eigenvalue weighted by molar-refractivity contribution is 6.04. The number of pyridine rings is 1. The number of anilines is 3. The fraction of sp³-hybridized carbons (Fsp3) is 0.241. The highest BCUT2D eigenvalue weighted by Crippen LogP contribution is 2.24. The average Bonchev–Trinajstić information content (AvgIpc) is 2.95. The highest BCUT2D eigenvalue weighted by Gasteiger charge is 2.13. The Morgan fingerprint density at radius 2 is 1.79 bits per heavy atom. The predicted octanol–water partition coefficient (Wildman–Crippen LogP) is 4.09. The van der Waals surface area contributed by atoms with Crippen molar-refractivity contribution in [3.8, 4) is 11.3 Å². The molecule has 5 rings (SSSR count). The van der Waals surface area contributed by atoms with Crippen molar-refractivity contribution in [2.24, 2.45) is 0 Å². The Balaban J connectivity index is 1.17. The molecule has 0 bridgehead atoms. The summed E-state index contributed by atoms with van der Waals surface area (Å²) in [5.41, 5.74) is 9.50. The SMILES string of the molecule is Cc1cc(NC(=O)c2ccc(CNN3CCN(C)CC3)cc2)ccc1Nc1nccc(-c2cccnc2)n1. The van der Waals surface area contributed by atoms with Crippen LogP contribution in [0.25, 0.3) is 11.3 Å². The van der Waals surface area contributed by atoms with Crippen LogP contribution in [-0.4, -0.2) is 64.0 Å². The number of carbonyl (C=O) groups is 1. The van der Waals surface area contributed by atoms with Crippen LogP contribution in [0, 0.1) is 6.92 Å². The lowest BCUT2D eigenvalue weighted by Crippen LogP contribution is -2.50. The van der Waals surface area contributed by atoms with Gasteiger partial charge in [-0.25, -0.2) is 15.0 Å². The molecular weight excluding hydrogens is 476 g/mol. The summed E-state index contributed by atoms with van der Waals surface area (Å²) in [4.78, 5) is 28.3. The van der Waals surface area contributed by atoms with Crippen LogP contribution in [0.1, 0.15) is 21.5 Å². The number of rotatable bonds is 8. The molecule has 1 aliphatic heterocycles. The number of benzene rings is 2. The van der Waals surface area contributed by atoms with Crippen molar-refractivity contribution < 1.29 is 4.79 Å². The van der Waals surface area contributed by atoms with Gasteiger partial charge in [0.2, 0.25) is 5.95 Å². The zero-order chi connectivity index (χ0) is 26.3. The Kier molecular flexibility index (Phi) is 7.98. The van der Waals surface area contributed by atoms with E-state index in [0.717, 1.165) is 66.5 Å². The summed E-state index contributed by atoms with van der Waals surface area (Å²) in [6.07, 6.45) is 5.22. The zero-order valence-corrected chi connectivity index (χ0v) is 21.7. The molecule has 0 unspecified atom stereocenters. The second-order valence-electron chi connectivity index (χ2n) is 9.44. The van der Waals surface area contributed by atoms with E-state index in [-0.39, 0.29) is 5.91 Å². The van der Waals surface area contributed by atoms with Crippen molar-refractivity contribution in [2.45, 2.75) is 13.5 Å². The minimum absolute atomic E-state index is 0.142. The third-order valence-corrected chi connectivity index (χ3v) is 6.57. The molecular formula is C29H32N8O. The molecule has 0 atom stereocenters. The van der Waals surface area contributed by atoms with Crippen molar-refractivity contribution in [1.82, 2.24) is 30.3 Å². The molecule has 3 heterocycles. The van der Waals surface area contributed by atoms with E-state index in [1.165, 1.54) is 0 Å². The Bertz CT molecular complexity index is 1370. The largest absolute Gasteiger partial charge is 0.324 e. The molecule has 0 aliphatic carbocycles. The molecule has 1 amide bonds. The normalized spacial score (nSPS) is 14.3. The number of hydrogen-bond acceptors (Lipinski definition) is 8. The maximum atomic E-state index is 12.8. The van der Waals surface area contributed by atoms with E-state index in [2.05, 4.69) is 48.0 Å². The van der Waals surface area contributed by atoms with Gasteiger partial charge in [-0.2, -0.15) is 0 Å². The lowest BCUT2D eigenvalue weighted by atomic mass is 10.1. The summed E-state index contributed by atoms with van der Waals surface area (Å²) in [7, 11) is 2.15. The number of carbonyl (C=O) groups excluding carboxylic acids is 1. The van der Waals surface area contributed by atoms with E-state index < -0.39 is 0 Å². The van der Waals surface area contributed by atoms with E-state index in [0.29, 0.717) is 11.5 Å². The van der Waals surface area contributed by atoms with Gasteiger partial charge in [-0.3, -0.25) is 15.2 Å². The summed E-state index contributed by atoms with van der Waals surface area (Å²) < 4.78 is 0. The predicted molar refractivity (Wildman–Crippen MR) is 150 cm³/mol. The number of aryl methyl sites for hydroxylation is 1. The molecule has 2 aromatic carbocycles. The van der Waals surface area contributed by atoms with Crippen LogP contribution in [0.15, 0.2) is 79.3 Å². The standard InChI is InChI=1S/C29H32N8O/c1-21-18-25(9-10-26(21)34-29-31-13-11-27(35-29)24-4-3-12-30-20-24)33-28(38)23-7-5-22(6-8-23)19-32-37-16-14-36(2)15-17-37/h3-13,18,20,32H,14-17,19H2,1-2H3,(H,33,38)(H,31,34,35). The zero-order valence-electron chi connectivity index (χ0n) is 21.7. The quantitative estimate of drug-likeness (QED) is 0.327. The Morgan fingerprint density at radius 1 is 0.974 bits per heavy atom. The molecule has 1 aliphatic rings. The van der Waals surface area contributed by atoms with Gasteiger partial charge in [-0.05, 0) is 73.6 Å². The number of aromatic nitrogens is 3. The van der Waals surface area contributed by atoms with Gasteiger partial charge in [0.1, 0.15) is 0 Å².